The summed E-state index contributed by atoms with van der Waals surface area (Å²) in [4.78, 5) is 40.0. The standard InChI is InChI=1S/C17H23N5O2/c1-11-14(12(2)21-17(24)20-11)5-6-15(23)22-9-3-4-13(10-22)16-18-7-8-19-16/h7-8,13H,3-6,9-10H2,1-2H3,(H,18,19)(H,20,21,24)/t13-/m1/s1. The number of carbonyl (C=O) groups excluding carboxylic acids is 1. The van der Waals surface area contributed by atoms with E-state index in [0.717, 1.165) is 36.5 Å². The summed E-state index contributed by atoms with van der Waals surface area (Å²) >= 11 is 0. The van der Waals surface area contributed by atoms with Crippen LogP contribution in [-0.2, 0) is 11.2 Å². The van der Waals surface area contributed by atoms with Crippen LogP contribution >= 0.6 is 0 Å². The van der Waals surface area contributed by atoms with Gasteiger partial charge in [0.05, 0.1) is 0 Å². The Bertz CT molecular complexity index is 740. The van der Waals surface area contributed by atoms with Crippen molar-refractivity contribution in [3.8, 4) is 0 Å². The Hall–Kier alpha value is -2.44. The third-order valence-electron chi connectivity index (χ3n) is 4.72. The van der Waals surface area contributed by atoms with Gasteiger partial charge in [0.25, 0.3) is 0 Å². The zero-order valence-electron chi connectivity index (χ0n) is 14.1. The highest BCUT2D eigenvalue weighted by molar-refractivity contribution is 5.76. The molecule has 1 aliphatic rings. The van der Waals surface area contributed by atoms with E-state index in [2.05, 4.69) is 19.9 Å². The minimum absolute atomic E-state index is 0.149. The first kappa shape index (κ1) is 16.4. The molecule has 3 rings (SSSR count). The molecule has 1 amide bonds. The van der Waals surface area contributed by atoms with Crippen LogP contribution in [0.1, 0.15) is 48.0 Å². The lowest BCUT2D eigenvalue weighted by atomic mass is 9.96. The van der Waals surface area contributed by atoms with Crippen LogP contribution in [0.3, 0.4) is 0 Å². The average Bonchev–Trinajstić information content (AvgIpc) is 3.08. The third kappa shape index (κ3) is 3.55. The molecule has 0 aliphatic carbocycles. The molecular weight excluding hydrogens is 306 g/mol. The summed E-state index contributed by atoms with van der Waals surface area (Å²) in [7, 11) is 0. The summed E-state index contributed by atoms with van der Waals surface area (Å²) in [5.74, 6) is 1.40. The van der Waals surface area contributed by atoms with Gasteiger partial charge in [0.1, 0.15) is 5.82 Å². The molecule has 2 N–H and O–H groups in total. The number of carbonyl (C=O) groups is 1. The highest BCUT2D eigenvalue weighted by atomic mass is 16.2. The summed E-state index contributed by atoms with van der Waals surface area (Å²) in [5, 5.41) is 0. The molecule has 2 aromatic rings. The molecule has 1 fully saturated rings. The van der Waals surface area contributed by atoms with Crippen molar-refractivity contribution in [2.75, 3.05) is 13.1 Å². The molecule has 0 aromatic carbocycles. The zero-order chi connectivity index (χ0) is 17.1. The number of nitrogens with zero attached hydrogens (tertiary/aromatic N) is 3. The van der Waals surface area contributed by atoms with Gasteiger partial charge in [0.15, 0.2) is 0 Å². The number of imidazole rings is 1. The minimum Gasteiger partial charge on any atom is -0.348 e. The lowest BCUT2D eigenvalue weighted by Crippen LogP contribution is -2.39. The molecule has 0 spiro atoms. The van der Waals surface area contributed by atoms with E-state index in [1.165, 1.54) is 0 Å². The molecule has 7 nitrogen and oxygen atoms in total. The van der Waals surface area contributed by atoms with Crippen molar-refractivity contribution in [1.82, 2.24) is 24.8 Å². The fourth-order valence-corrected chi connectivity index (χ4v) is 3.44. The zero-order valence-corrected chi connectivity index (χ0v) is 14.1. The number of aryl methyl sites for hydroxylation is 2. The van der Waals surface area contributed by atoms with Crippen LogP contribution in [0.15, 0.2) is 17.2 Å². The van der Waals surface area contributed by atoms with Crippen molar-refractivity contribution in [2.24, 2.45) is 0 Å². The van der Waals surface area contributed by atoms with Crippen molar-refractivity contribution in [3.63, 3.8) is 0 Å². The monoisotopic (exact) mass is 329 g/mol. The van der Waals surface area contributed by atoms with Gasteiger partial charge in [-0.25, -0.2) is 9.78 Å². The second-order valence-corrected chi connectivity index (χ2v) is 6.38. The predicted octanol–water partition coefficient (Wildman–Crippen LogP) is 1.45. The van der Waals surface area contributed by atoms with Crippen LogP contribution in [-0.4, -0.2) is 43.8 Å². The van der Waals surface area contributed by atoms with E-state index in [1.807, 2.05) is 24.9 Å². The molecule has 0 bridgehead atoms. The van der Waals surface area contributed by atoms with Gasteiger partial charge in [-0.1, -0.05) is 0 Å². The van der Waals surface area contributed by atoms with E-state index >= 15 is 0 Å². The lowest BCUT2D eigenvalue weighted by Gasteiger charge is -2.32. The minimum atomic E-state index is -0.336. The second kappa shape index (κ2) is 6.98. The topological polar surface area (TPSA) is 94.7 Å². The Balaban J connectivity index is 1.62. The summed E-state index contributed by atoms with van der Waals surface area (Å²) in [6.07, 6.45) is 6.66. The number of hydrogen-bond acceptors (Lipinski definition) is 4. The number of aromatic nitrogens is 4. The van der Waals surface area contributed by atoms with E-state index < -0.39 is 0 Å². The Kier molecular flexibility index (Phi) is 4.78. The molecule has 0 unspecified atom stereocenters. The van der Waals surface area contributed by atoms with Gasteiger partial charge in [-0.3, -0.25) is 4.79 Å². The number of aromatic amines is 2. The largest absolute Gasteiger partial charge is 0.348 e. The van der Waals surface area contributed by atoms with E-state index in [9.17, 15) is 9.59 Å². The number of H-pyrrole nitrogens is 2. The van der Waals surface area contributed by atoms with Gasteiger partial charge in [-0.05, 0) is 38.7 Å². The molecule has 3 heterocycles. The molecule has 1 aliphatic heterocycles. The fourth-order valence-electron chi connectivity index (χ4n) is 3.44. The smallest absolute Gasteiger partial charge is 0.345 e. The van der Waals surface area contributed by atoms with Crippen LogP contribution in [0.4, 0.5) is 0 Å². The molecule has 7 heteroatoms. The number of piperidine rings is 1. The Morgan fingerprint density at radius 1 is 1.42 bits per heavy atom. The van der Waals surface area contributed by atoms with Crippen LogP contribution in [0.25, 0.3) is 0 Å². The van der Waals surface area contributed by atoms with E-state index in [0.29, 0.717) is 25.1 Å². The van der Waals surface area contributed by atoms with Crippen molar-refractivity contribution in [1.29, 1.82) is 0 Å². The van der Waals surface area contributed by atoms with Crippen molar-refractivity contribution < 1.29 is 4.79 Å². The highest BCUT2D eigenvalue weighted by Crippen LogP contribution is 2.25. The highest BCUT2D eigenvalue weighted by Gasteiger charge is 2.26. The normalized spacial score (nSPS) is 17.9. The number of likely N-dealkylation sites (tertiary alicyclic amines) is 1. The number of hydrogen-bond donors (Lipinski definition) is 2. The summed E-state index contributed by atoms with van der Waals surface area (Å²) in [6.45, 7) is 5.19. The van der Waals surface area contributed by atoms with Gasteiger partial charge in [-0.2, -0.15) is 4.98 Å². The van der Waals surface area contributed by atoms with Crippen molar-refractivity contribution in [3.05, 3.63) is 45.7 Å². The van der Waals surface area contributed by atoms with Crippen LogP contribution in [0, 0.1) is 13.8 Å². The summed E-state index contributed by atoms with van der Waals surface area (Å²) in [6, 6.07) is 0. The number of rotatable bonds is 4. The predicted molar refractivity (Wildman–Crippen MR) is 89.8 cm³/mol. The Morgan fingerprint density at radius 3 is 2.96 bits per heavy atom. The maximum Gasteiger partial charge on any atom is 0.345 e. The maximum absolute atomic E-state index is 12.6. The average molecular weight is 329 g/mol. The Labute approximate surface area is 140 Å². The van der Waals surface area contributed by atoms with Crippen LogP contribution in [0.5, 0.6) is 0 Å². The molecular formula is C17H23N5O2. The lowest BCUT2D eigenvalue weighted by molar-refractivity contribution is -0.132. The fraction of sp³-hybridized carbons (Fsp3) is 0.529. The van der Waals surface area contributed by atoms with E-state index in [-0.39, 0.29) is 17.5 Å². The summed E-state index contributed by atoms with van der Waals surface area (Å²) in [5.41, 5.74) is 2.13. The molecule has 1 atom stereocenters. The molecule has 2 aromatic heterocycles. The van der Waals surface area contributed by atoms with Gasteiger partial charge in [-0.15, -0.1) is 0 Å². The molecule has 0 saturated carbocycles. The number of amides is 1. The maximum atomic E-state index is 12.6. The quantitative estimate of drug-likeness (QED) is 0.887. The third-order valence-corrected chi connectivity index (χ3v) is 4.72. The molecule has 0 radical (unpaired) electrons. The van der Waals surface area contributed by atoms with E-state index in [1.54, 1.807) is 6.20 Å². The van der Waals surface area contributed by atoms with Gasteiger partial charge < -0.3 is 14.9 Å². The number of nitrogens with one attached hydrogen (secondary N) is 2. The molecule has 1 saturated heterocycles. The first-order valence-corrected chi connectivity index (χ1v) is 8.38. The molecule has 128 valence electrons. The second-order valence-electron chi connectivity index (χ2n) is 6.38. The first-order valence-electron chi connectivity index (χ1n) is 8.38. The first-order chi connectivity index (χ1) is 11.5. The summed E-state index contributed by atoms with van der Waals surface area (Å²) < 4.78 is 0. The van der Waals surface area contributed by atoms with Crippen molar-refractivity contribution in [2.45, 2.75) is 45.4 Å². The van der Waals surface area contributed by atoms with Crippen LogP contribution in [0.2, 0.25) is 0 Å². The molecule has 24 heavy (non-hydrogen) atoms. The van der Waals surface area contributed by atoms with E-state index in [4.69, 9.17) is 0 Å². The Morgan fingerprint density at radius 2 is 2.25 bits per heavy atom. The van der Waals surface area contributed by atoms with Crippen molar-refractivity contribution >= 4 is 5.91 Å². The van der Waals surface area contributed by atoms with Crippen LogP contribution < -0.4 is 5.69 Å². The van der Waals surface area contributed by atoms with Gasteiger partial charge >= 0.3 is 5.69 Å². The van der Waals surface area contributed by atoms with Gasteiger partial charge in [0.2, 0.25) is 5.91 Å². The van der Waals surface area contributed by atoms with Gasteiger partial charge in [0, 0.05) is 49.2 Å². The SMILES string of the molecule is Cc1nc(=O)[nH]c(C)c1CCC(=O)N1CCC[C@@H](c2ncc[nH]2)C1.